The number of carbonyl (C=O) groups excluding carboxylic acids is 1. The van der Waals surface area contributed by atoms with Gasteiger partial charge in [0.1, 0.15) is 0 Å². The SMILES string of the molecule is CC(C)N1CCN(C(=O)c2ccc(CNc3ccccc3)cc2)CC1. The molecule has 1 heterocycles. The number of amides is 1. The maximum atomic E-state index is 12.7. The minimum atomic E-state index is 0.144. The van der Waals surface area contributed by atoms with Gasteiger partial charge in [0.2, 0.25) is 0 Å². The number of hydrogen-bond acceptors (Lipinski definition) is 3. The lowest BCUT2D eigenvalue weighted by Crippen LogP contribution is -2.50. The van der Waals surface area contributed by atoms with Crippen molar-refractivity contribution in [2.75, 3.05) is 31.5 Å². The molecule has 4 heteroatoms. The van der Waals surface area contributed by atoms with Crippen molar-refractivity contribution in [2.24, 2.45) is 0 Å². The van der Waals surface area contributed by atoms with E-state index in [4.69, 9.17) is 0 Å². The van der Waals surface area contributed by atoms with E-state index < -0.39 is 0 Å². The van der Waals surface area contributed by atoms with Crippen molar-refractivity contribution >= 4 is 11.6 Å². The number of hydrogen-bond donors (Lipinski definition) is 1. The van der Waals surface area contributed by atoms with Crippen LogP contribution in [0.3, 0.4) is 0 Å². The van der Waals surface area contributed by atoms with Crippen LogP contribution in [0.25, 0.3) is 0 Å². The second-order valence-corrected chi connectivity index (χ2v) is 6.84. The third kappa shape index (κ3) is 4.60. The van der Waals surface area contributed by atoms with Gasteiger partial charge in [0, 0.05) is 50.0 Å². The predicted molar refractivity (Wildman–Crippen MR) is 103 cm³/mol. The highest BCUT2D eigenvalue weighted by Gasteiger charge is 2.23. The topological polar surface area (TPSA) is 35.6 Å². The largest absolute Gasteiger partial charge is 0.381 e. The molecule has 25 heavy (non-hydrogen) atoms. The normalized spacial score (nSPS) is 15.4. The summed E-state index contributed by atoms with van der Waals surface area (Å²) < 4.78 is 0. The predicted octanol–water partition coefficient (Wildman–Crippen LogP) is 3.46. The number of piperazine rings is 1. The lowest BCUT2D eigenvalue weighted by Gasteiger charge is -2.37. The number of nitrogens with zero attached hydrogens (tertiary/aromatic N) is 2. The highest BCUT2D eigenvalue weighted by atomic mass is 16.2. The fraction of sp³-hybridized carbons (Fsp3) is 0.381. The summed E-state index contributed by atoms with van der Waals surface area (Å²) in [4.78, 5) is 17.0. The molecule has 0 bridgehead atoms. The zero-order chi connectivity index (χ0) is 17.6. The summed E-state index contributed by atoms with van der Waals surface area (Å²) in [6, 6.07) is 18.6. The lowest BCUT2D eigenvalue weighted by molar-refractivity contribution is 0.0595. The van der Waals surface area contributed by atoms with Gasteiger partial charge in [0.15, 0.2) is 0 Å². The molecule has 2 aromatic carbocycles. The van der Waals surface area contributed by atoms with Crippen LogP contribution in [0.1, 0.15) is 29.8 Å². The van der Waals surface area contributed by atoms with E-state index in [1.54, 1.807) is 0 Å². The summed E-state index contributed by atoms with van der Waals surface area (Å²) in [7, 11) is 0. The minimum absolute atomic E-state index is 0.144. The highest BCUT2D eigenvalue weighted by Crippen LogP contribution is 2.13. The van der Waals surface area contributed by atoms with E-state index in [0.29, 0.717) is 6.04 Å². The number of rotatable bonds is 5. The van der Waals surface area contributed by atoms with Crippen molar-refractivity contribution < 1.29 is 4.79 Å². The van der Waals surface area contributed by atoms with E-state index in [9.17, 15) is 4.79 Å². The number of carbonyl (C=O) groups is 1. The number of anilines is 1. The van der Waals surface area contributed by atoms with E-state index in [1.165, 1.54) is 5.56 Å². The van der Waals surface area contributed by atoms with E-state index in [2.05, 4.69) is 36.2 Å². The van der Waals surface area contributed by atoms with Crippen LogP contribution in [-0.2, 0) is 6.54 Å². The van der Waals surface area contributed by atoms with Gasteiger partial charge in [-0.05, 0) is 43.7 Å². The third-order valence-electron chi connectivity index (χ3n) is 4.80. The van der Waals surface area contributed by atoms with Crippen LogP contribution >= 0.6 is 0 Å². The molecule has 0 spiro atoms. The molecule has 0 aliphatic carbocycles. The molecule has 1 aliphatic heterocycles. The standard InChI is InChI=1S/C21H27N3O/c1-17(2)23-12-14-24(15-13-23)21(25)19-10-8-18(9-11-19)16-22-20-6-4-3-5-7-20/h3-11,17,22H,12-16H2,1-2H3. The van der Waals surface area contributed by atoms with Gasteiger partial charge in [0.05, 0.1) is 0 Å². The van der Waals surface area contributed by atoms with Crippen LogP contribution in [0.4, 0.5) is 5.69 Å². The Morgan fingerprint density at radius 3 is 2.20 bits per heavy atom. The molecule has 0 atom stereocenters. The second-order valence-electron chi connectivity index (χ2n) is 6.84. The Labute approximate surface area is 150 Å². The molecule has 0 aromatic heterocycles. The van der Waals surface area contributed by atoms with Crippen LogP contribution in [-0.4, -0.2) is 47.9 Å². The van der Waals surface area contributed by atoms with Gasteiger partial charge in [-0.1, -0.05) is 30.3 Å². The van der Waals surface area contributed by atoms with Gasteiger partial charge in [0.25, 0.3) is 5.91 Å². The van der Waals surface area contributed by atoms with Crippen molar-refractivity contribution in [3.05, 3.63) is 65.7 Å². The fourth-order valence-corrected chi connectivity index (χ4v) is 3.15. The Morgan fingerprint density at radius 1 is 0.960 bits per heavy atom. The van der Waals surface area contributed by atoms with Crippen molar-refractivity contribution in [1.82, 2.24) is 9.80 Å². The summed E-state index contributed by atoms with van der Waals surface area (Å²) in [5.74, 6) is 0.144. The average molecular weight is 337 g/mol. The van der Waals surface area contributed by atoms with Gasteiger partial charge in [-0.2, -0.15) is 0 Å². The van der Waals surface area contributed by atoms with Crippen molar-refractivity contribution in [3.8, 4) is 0 Å². The second kappa shape index (κ2) is 8.17. The van der Waals surface area contributed by atoms with E-state index in [1.807, 2.05) is 47.4 Å². The summed E-state index contributed by atoms with van der Waals surface area (Å²) in [5, 5.41) is 3.39. The van der Waals surface area contributed by atoms with Gasteiger partial charge in [-0.3, -0.25) is 9.69 Å². The van der Waals surface area contributed by atoms with Gasteiger partial charge in [-0.25, -0.2) is 0 Å². The third-order valence-corrected chi connectivity index (χ3v) is 4.80. The molecule has 1 amide bonds. The summed E-state index contributed by atoms with van der Waals surface area (Å²) in [6.45, 7) is 8.72. The number of para-hydroxylation sites is 1. The maximum absolute atomic E-state index is 12.7. The Balaban J connectivity index is 1.54. The Hall–Kier alpha value is -2.33. The molecule has 1 aliphatic rings. The van der Waals surface area contributed by atoms with E-state index in [0.717, 1.165) is 44.0 Å². The Morgan fingerprint density at radius 2 is 1.60 bits per heavy atom. The molecule has 0 radical (unpaired) electrons. The molecule has 4 nitrogen and oxygen atoms in total. The van der Waals surface area contributed by atoms with Gasteiger partial charge >= 0.3 is 0 Å². The Kier molecular flexibility index (Phi) is 5.71. The quantitative estimate of drug-likeness (QED) is 0.907. The fourth-order valence-electron chi connectivity index (χ4n) is 3.15. The Bertz CT molecular complexity index is 674. The summed E-state index contributed by atoms with van der Waals surface area (Å²) >= 11 is 0. The van der Waals surface area contributed by atoms with Crippen LogP contribution in [0.2, 0.25) is 0 Å². The van der Waals surface area contributed by atoms with Crippen molar-refractivity contribution in [2.45, 2.75) is 26.4 Å². The van der Waals surface area contributed by atoms with E-state index >= 15 is 0 Å². The molecule has 0 saturated carbocycles. The van der Waals surface area contributed by atoms with Gasteiger partial charge in [-0.15, -0.1) is 0 Å². The van der Waals surface area contributed by atoms with E-state index in [-0.39, 0.29) is 5.91 Å². The zero-order valence-corrected chi connectivity index (χ0v) is 15.1. The first kappa shape index (κ1) is 17.5. The molecule has 2 aromatic rings. The molecule has 0 unspecified atom stereocenters. The van der Waals surface area contributed by atoms with Gasteiger partial charge < -0.3 is 10.2 Å². The van der Waals surface area contributed by atoms with Crippen LogP contribution < -0.4 is 5.32 Å². The first-order chi connectivity index (χ1) is 12.1. The average Bonchev–Trinajstić information content (AvgIpc) is 2.67. The number of benzene rings is 2. The van der Waals surface area contributed by atoms with Crippen molar-refractivity contribution in [3.63, 3.8) is 0 Å². The smallest absolute Gasteiger partial charge is 0.253 e. The molecule has 3 rings (SSSR count). The van der Waals surface area contributed by atoms with Crippen LogP contribution in [0.15, 0.2) is 54.6 Å². The first-order valence-corrected chi connectivity index (χ1v) is 9.04. The van der Waals surface area contributed by atoms with Crippen molar-refractivity contribution in [1.29, 1.82) is 0 Å². The van der Waals surface area contributed by atoms with Crippen LogP contribution in [0.5, 0.6) is 0 Å². The zero-order valence-electron chi connectivity index (χ0n) is 15.1. The van der Waals surface area contributed by atoms with Crippen LogP contribution in [0, 0.1) is 0 Å². The minimum Gasteiger partial charge on any atom is -0.381 e. The molecular weight excluding hydrogens is 310 g/mol. The molecule has 132 valence electrons. The molecule has 1 N–H and O–H groups in total. The monoisotopic (exact) mass is 337 g/mol. The molecule has 1 saturated heterocycles. The molecule has 1 fully saturated rings. The lowest BCUT2D eigenvalue weighted by atomic mass is 10.1. The first-order valence-electron chi connectivity index (χ1n) is 9.04. The number of nitrogens with one attached hydrogen (secondary N) is 1. The highest BCUT2D eigenvalue weighted by molar-refractivity contribution is 5.94. The summed E-state index contributed by atoms with van der Waals surface area (Å²) in [5.41, 5.74) is 3.05. The molecular formula is C21H27N3O. The summed E-state index contributed by atoms with van der Waals surface area (Å²) in [6.07, 6.45) is 0. The maximum Gasteiger partial charge on any atom is 0.253 e.